The van der Waals surface area contributed by atoms with Gasteiger partial charge in [0.2, 0.25) is 0 Å². The summed E-state index contributed by atoms with van der Waals surface area (Å²) in [6.07, 6.45) is -1.56. The largest absolute Gasteiger partial charge is 0.462 e. The zero-order chi connectivity index (χ0) is 43.8. The number of ether oxygens (including phenoxy) is 8. The highest BCUT2D eigenvalue weighted by molar-refractivity contribution is 5.70. The Morgan fingerprint density at radius 2 is 1.56 bits per heavy atom. The Hall–Kier alpha value is -1.90. The summed E-state index contributed by atoms with van der Waals surface area (Å²) in [7, 11) is 9.03. The average molecular weight is 843 g/mol. The SMILES string of the molecule is CO[C@@H]1[C@@H](O[C@@H]2O[C@H](C)[C@H](O[C@@H]3C[C@](C)(O)[C@H](O)[C@H](C)O3)[C@H](N(C)C)[C@@H]2O)[C@@H](CC=O)C[C@@H](C)[C@@H](O[C@@H]2CC[C@H](N(C)C)[C@H](C)O2)/C=C/C=C/C[C@@H](C)OC(=O)C[C@H]1O. The smallest absolute Gasteiger partial charge is 0.308 e. The maximum Gasteiger partial charge on any atom is 0.308 e. The van der Waals surface area contributed by atoms with E-state index in [1.54, 1.807) is 39.8 Å². The van der Waals surface area contributed by atoms with E-state index in [0.29, 0.717) is 19.3 Å². The summed E-state index contributed by atoms with van der Waals surface area (Å²) in [4.78, 5) is 29.5. The van der Waals surface area contributed by atoms with Crippen LogP contribution in [0.2, 0.25) is 0 Å². The molecule has 4 N–H and O–H groups in total. The summed E-state index contributed by atoms with van der Waals surface area (Å²) in [6, 6.07) is -0.466. The van der Waals surface area contributed by atoms with Gasteiger partial charge in [0.15, 0.2) is 18.9 Å². The zero-order valence-electron chi connectivity index (χ0n) is 37.0. The molecule has 0 aromatic carbocycles. The van der Waals surface area contributed by atoms with Crippen LogP contribution in [0.1, 0.15) is 86.5 Å². The zero-order valence-corrected chi connectivity index (χ0v) is 37.0. The summed E-state index contributed by atoms with van der Waals surface area (Å²) < 4.78 is 50.0. The fraction of sp³-hybridized carbons (Fsp3) is 0.860. The Kier molecular flexibility index (Phi) is 18.9. The number of carbonyl (C=O) groups excluding carboxylic acids is 2. The van der Waals surface area contributed by atoms with E-state index in [-0.39, 0.29) is 30.9 Å². The van der Waals surface area contributed by atoms with Crippen molar-refractivity contribution in [2.24, 2.45) is 11.8 Å². The molecule has 4 rings (SSSR count). The minimum absolute atomic E-state index is 0.00885. The van der Waals surface area contributed by atoms with Crippen molar-refractivity contribution >= 4 is 12.3 Å². The highest BCUT2D eigenvalue weighted by Crippen LogP contribution is 2.37. The number of hydrogen-bond donors (Lipinski definition) is 4. The molecule has 19 atom stereocenters. The van der Waals surface area contributed by atoms with E-state index in [2.05, 4.69) is 4.90 Å². The highest BCUT2D eigenvalue weighted by Gasteiger charge is 2.52. The second kappa shape index (κ2) is 22.5. The fourth-order valence-electron chi connectivity index (χ4n) is 9.10. The molecule has 0 amide bonds. The summed E-state index contributed by atoms with van der Waals surface area (Å²) in [5.41, 5.74) is -1.47. The first-order valence-corrected chi connectivity index (χ1v) is 21.3. The van der Waals surface area contributed by atoms with Crippen molar-refractivity contribution in [3.05, 3.63) is 24.3 Å². The van der Waals surface area contributed by atoms with Gasteiger partial charge in [-0.2, -0.15) is 0 Å². The number of aldehydes is 1. The van der Waals surface area contributed by atoms with Crippen LogP contribution in [0, 0.1) is 11.8 Å². The van der Waals surface area contributed by atoms with Gasteiger partial charge in [-0.05, 0) is 93.9 Å². The van der Waals surface area contributed by atoms with Crippen LogP contribution in [0.5, 0.6) is 0 Å². The van der Waals surface area contributed by atoms with E-state index in [9.17, 15) is 30.0 Å². The molecule has 4 aliphatic heterocycles. The summed E-state index contributed by atoms with van der Waals surface area (Å²) in [5.74, 6) is -1.47. The normalized spacial score (nSPS) is 45.8. The molecular formula is C43H74N2O14. The molecule has 0 aromatic heterocycles. The predicted molar refractivity (Wildman–Crippen MR) is 217 cm³/mol. The van der Waals surface area contributed by atoms with Gasteiger partial charge >= 0.3 is 5.97 Å². The maximum absolute atomic E-state index is 13.1. The Balaban J connectivity index is 1.66. The number of aliphatic hydroxyl groups is 4. The molecule has 59 heavy (non-hydrogen) atoms. The number of esters is 1. The minimum atomic E-state index is -1.47. The van der Waals surface area contributed by atoms with Gasteiger partial charge in [0.05, 0.1) is 54.7 Å². The van der Waals surface area contributed by atoms with E-state index < -0.39 is 110 Å². The first kappa shape index (κ1) is 49.8. The number of allylic oxidation sites excluding steroid dienone is 2. The third kappa shape index (κ3) is 13.3. The monoisotopic (exact) mass is 843 g/mol. The number of nitrogens with zero attached hydrogens (tertiary/aromatic N) is 2. The molecular weight excluding hydrogens is 768 g/mol. The van der Waals surface area contributed by atoms with Crippen molar-refractivity contribution in [2.75, 3.05) is 35.3 Å². The molecule has 0 aromatic rings. The number of rotatable bonds is 11. The fourth-order valence-corrected chi connectivity index (χ4v) is 9.10. The molecule has 0 saturated carbocycles. The van der Waals surface area contributed by atoms with Crippen LogP contribution in [0.15, 0.2) is 24.3 Å². The Morgan fingerprint density at radius 1 is 0.864 bits per heavy atom. The van der Waals surface area contributed by atoms with E-state index in [0.717, 1.165) is 12.7 Å². The van der Waals surface area contributed by atoms with Crippen LogP contribution in [0.4, 0.5) is 0 Å². The Labute approximate surface area is 351 Å². The van der Waals surface area contributed by atoms with Crippen molar-refractivity contribution in [3.8, 4) is 0 Å². The highest BCUT2D eigenvalue weighted by atomic mass is 16.7. The maximum atomic E-state index is 13.1. The molecule has 4 heterocycles. The molecule has 0 bridgehead atoms. The summed E-state index contributed by atoms with van der Waals surface area (Å²) in [5, 5.41) is 45.1. The Morgan fingerprint density at radius 3 is 2.17 bits per heavy atom. The minimum Gasteiger partial charge on any atom is -0.462 e. The van der Waals surface area contributed by atoms with Gasteiger partial charge in [0.1, 0.15) is 36.8 Å². The molecule has 0 spiro atoms. The molecule has 16 heteroatoms. The van der Waals surface area contributed by atoms with E-state index in [1.807, 2.05) is 52.2 Å². The van der Waals surface area contributed by atoms with Crippen molar-refractivity contribution in [3.63, 3.8) is 0 Å². The second-order valence-corrected chi connectivity index (χ2v) is 17.8. The van der Waals surface area contributed by atoms with Crippen LogP contribution in [0.25, 0.3) is 0 Å². The van der Waals surface area contributed by atoms with Gasteiger partial charge in [0.25, 0.3) is 0 Å². The lowest BCUT2D eigenvalue weighted by Crippen LogP contribution is -2.65. The van der Waals surface area contributed by atoms with Crippen molar-refractivity contribution in [2.45, 2.75) is 190 Å². The van der Waals surface area contributed by atoms with Crippen LogP contribution in [-0.4, -0.2) is 181 Å². The average Bonchev–Trinajstić information content (AvgIpc) is 3.13. The van der Waals surface area contributed by atoms with Crippen molar-refractivity contribution < 1.29 is 67.9 Å². The number of likely N-dealkylation sites (N-methyl/N-ethyl adjacent to an activating group) is 2. The van der Waals surface area contributed by atoms with Crippen LogP contribution in [-0.2, 0) is 47.5 Å². The topological polar surface area (TPSA) is 195 Å². The van der Waals surface area contributed by atoms with E-state index in [4.69, 9.17) is 37.9 Å². The molecule has 4 aliphatic rings. The third-order valence-corrected chi connectivity index (χ3v) is 12.4. The number of carbonyl (C=O) groups is 2. The molecule has 340 valence electrons. The van der Waals surface area contributed by atoms with Gasteiger partial charge < -0.3 is 72.9 Å². The number of aliphatic hydroxyl groups excluding tert-OH is 3. The molecule has 3 fully saturated rings. The number of cyclic esters (lactones) is 1. The van der Waals surface area contributed by atoms with Gasteiger partial charge in [-0.3, -0.25) is 4.79 Å². The number of methoxy groups -OCH3 is 1. The number of hydrogen-bond acceptors (Lipinski definition) is 16. The third-order valence-electron chi connectivity index (χ3n) is 12.4. The first-order valence-electron chi connectivity index (χ1n) is 21.3. The molecule has 16 nitrogen and oxygen atoms in total. The molecule has 3 saturated heterocycles. The molecule has 0 unspecified atom stereocenters. The quantitative estimate of drug-likeness (QED) is 0.175. The lowest BCUT2D eigenvalue weighted by molar-refractivity contribution is -0.344. The Bertz CT molecular complexity index is 1370. The standard InChI is InChI=1S/C43H74N2O14/c1-24-21-29(19-20-46)39(59-42-37(49)36(45(9)10)38(27(4)56-42)58-35-23-43(6,51)41(50)28(5)55-35)40(52-11)31(47)22-33(48)53-25(2)15-13-12-14-16-32(24)57-34-18-17-30(44(7)8)26(3)54-34/h12-14,16,20,24-32,34-42,47,49-51H,15,17-19,21-23H2,1-11H3/b13-12+,16-14+/t24-,25-,26+,27-,28+,29+,30+,31-,32+,34-,35-,36-,37+,38+,39+,40+,41-,42+,43+/m1/s1. The lowest BCUT2D eigenvalue weighted by Gasteiger charge is -2.50. The summed E-state index contributed by atoms with van der Waals surface area (Å²) >= 11 is 0. The predicted octanol–water partition coefficient (Wildman–Crippen LogP) is 2.33. The van der Waals surface area contributed by atoms with Gasteiger partial charge in [0, 0.05) is 32.4 Å². The lowest BCUT2D eigenvalue weighted by atomic mass is 9.82. The summed E-state index contributed by atoms with van der Waals surface area (Å²) in [6.45, 7) is 10.8. The van der Waals surface area contributed by atoms with Gasteiger partial charge in [-0.25, -0.2) is 0 Å². The van der Waals surface area contributed by atoms with Crippen LogP contribution in [0.3, 0.4) is 0 Å². The van der Waals surface area contributed by atoms with Crippen molar-refractivity contribution in [1.29, 1.82) is 0 Å². The van der Waals surface area contributed by atoms with E-state index in [1.165, 1.54) is 14.0 Å². The van der Waals surface area contributed by atoms with E-state index >= 15 is 0 Å². The van der Waals surface area contributed by atoms with Crippen molar-refractivity contribution in [1.82, 2.24) is 9.80 Å². The van der Waals surface area contributed by atoms with Crippen LogP contribution >= 0.6 is 0 Å². The van der Waals surface area contributed by atoms with Gasteiger partial charge in [-0.15, -0.1) is 0 Å². The van der Waals surface area contributed by atoms with Crippen LogP contribution < -0.4 is 0 Å². The molecule has 0 aliphatic carbocycles. The first-order chi connectivity index (χ1) is 27.8. The van der Waals surface area contributed by atoms with Gasteiger partial charge in [-0.1, -0.05) is 31.2 Å². The molecule has 0 radical (unpaired) electrons. The second-order valence-electron chi connectivity index (χ2n) is 17.8.